The molecule has 0 saturated carbocycles. The largest absolute Gasteiger partial charge is 0.378 e. The van der Waals surface area contributed by atoms with Gasteiger partial charge in [0.15, 0.2) is 0 Å². The van der Waals surface area contributed by atoms with Crippen LogP contribution in [0.2, 0.25) is 5.02 Å². The Morgan fingerprint density at radius 2 is 1.91 bits per heavy atom. The van der Waals surface area contributed by atoms with Gasteiger partial charge in [-0.25, -0.2) is 12.8 Å². The number of nitrogens with one attached hydrogen (secondary N) is 1. The fraction of sp³-hybridized carbons (Fsp3) is 0.545. The monoisotopic (exact) mass is 501 g/mol. The second-order valence-corrected chi connectivity index (χ2v) is 10.3. The molecule has 0 radical (unpaired) electrons. The summed E-state index contributed by atoms with van der Waals surface area (Å²) in [7, 11) is -4.25. The summed E-state index contributed by atoms with van der Waals surface area (Å²) >= 11 is 5.77. The van der Waals surface area contributed by atoms with Crippen molar-refractivity contribution in [3.8, 4) is 0 Å². The van der Waals surface area contributed by atoms with Crippen LogP contribution in [0.1, 0.15) is 32.3 Å². The molecule has 0 bridgehead atoms. The average molecular weight is 502 g/mol. The maximum atomic E-state index is 14.4. The number of amides is 2. The van der Waals surface area contributed by atoms with E-state index in [0.29, 0.717) is 43.2 Å². The van der Waals surface area contributed by atoms with Crippen molar-refractivity contribution in [1.82, 2.24) is 14.5 Å². The number of benzene rings is 1. The molecule has 2 aliphatic heterocycles. The Morgan fingerprint density at radius 1 is 1.27 bits per heavy atom. The molecule has 0 spiro atoms. The van der Waals surface area contributed by atoms with E-state index in [0.717, 1.165) is 0 Å². The molecule has 33 heavy (non-hydrogen) atoms. The molecule has 3 atom stereocenters. The molecule has 0 aliphatic carbocycles. The topological polar surface area (TPSA) is 96.0 Å². The van der Waals surface area contributed by atoms with E-state index in [1.165, 1.54) is 29.2 Å². The van der Waals surface area contributed by atoms with Crippen LogP contribution in [-0.4, -0.2) is 75.0 Å². The lowest BCUT2D eigenvalue weighted by molar-refractivity contribution is -0.149. The molecule has 0 unspecified atom stereocenters. The SMILES string of the molecule is CC[C@H](C)[C@@H](C(=O)N1CCOCC1)N1CC[C@H](NS(=O)(=O)C=C(F)c2ccc(Cl)cc2)C1=O. The summed E-state index contributed by atoms with van der Waals surface area (Å²) in [5, 5.41) is 0.851. The van der Waals surface area contributed by atoms with Gasteiger partial charge < -0.3 is 14.5 Å². The second-order valence-electron chi connectivity index (χ2n) is 8.28. The van der Waals surface area contributed by atoms with Gasteiger partial charge in [-0.15, -0.1) is 0 Å². The van der Waals surface area contributed by atoms with Crippen molar-refractivity contribution in [3.63, 3.8) is 0 Å². The molecule has 2 saturated heterocycles. The molecule has 3 rings (SSSR count). The first-order valence-corrected chi connectivity index (χ1v) is 12.9. The van der Waals surface area contributed by atoms with E-state index in [1.54, 1.807) is 4.90 Å². The third-order valence-corrected chi connectivity index (χ3v) is 7.40. The zero-order valence-electron chi connectivity index (χ0n) is 18.7. The zero-order valence-corrected chi connectivity index (χ0v) is 20.2. The fourth-order valence-electron chi connectivity index (χ4n) is 4.01. The van der Waals surface area contributed by atoms with E-state index >= 15 is 0 Å². The average Bonchev–Trinajstić information content (AvgIpc) is 3.13. The number of carbonyl (C=O) groups is 2. The number of ether oxygens (including phenoxy) is 1. The highest BCUT2D eigenvalue weighted by molar-refractivity contribution is 7.92. The molecule has 1 aromatic rings. The molecule has 1 N–H and O–H groups in total. The van der Waals surface area contributed by atoms with Crippen molar-refractivity contribution in [2.75, 3.05) is 32.8 Å². The molecule has 1 aromatic carbocycles. The molecule has 2 aliphatic rings. The minimum Gasteiger partial charge on any atom is -0.378 e. The molecule has 2 heterocycles. The van der Waals surface area contributed by atoms with Crippen LogP contribution >= 0.6 is 11.6 Å². The van der Waals surface area contributed by atoms with Crippen molar-refractivity contribution in [1.29, 1.82) is 0 Å². The van der Waals surface area contributed by atoms with Crippen molar-refractivity contribution >= 4 is 39.3 Å². The first-order chi connectivity index (χ1) is 15.6. The van der Waals surface area contributed by atoms with Crippen LogP contribution in [-0.2, 0) is 24.3 Å². The van der Waals surface area contributed by atoms with Crippen LogP contribution in [0.4, 0.5) is 4.39 Å². The van der Waals surface area contributed by atoms with E-state index < -0.39 is 33.8 Å². The number of rotatable bonds is 8. The summed E-state index contributed by atoms with van der Waals surface area (Å²) in [6.07, 6.45) is 0.869. The normalized spacial score (nSPS) is 21.9. The van der Waals surface area contributed by atoms with Crippen molar-refractivity contribution < 1.29 is 27.1 Å². The van der Waals surface area contributed by atoms with E-state index in [9.17, 15) is 22.4 Å². The van der Waals surface area contributed by atoms with Gasteiger partial charge in [0.2, 0.25) is 21.8 Å². The van der Waals surface area contributed by atoms with E-state index in [1.807, 2.05) is 13.8 Å². The summed E-state index contributed by atoms with van der Waals surface area (Å²) in [6, 6.07) is 3.87. The van der Waals surface area contributed by atoms with Crippen LogP contribution in [0.5, 0.6) is 0 Å². The van der Waals surface area contributed by atoms with Crippen LogP contribution in [0.25, 0.3) is 5.83 Å². The maximum Gasteiger partial charge on any atom is 0.245 e. The predicted molar refractivity (Wildman–Crippen MR) is 123 cm³/mol. The first kappa shape index (κ1) is 25.6. The first-order valence-electron chi connectivity index (χ1n) is 11.0. The Labute approximate surface area is 198 Å². The third-order valence-electron chi connectivity index (χ3n) is 6.02. The molecule has 8 nitrogen and oxygen atoms in total. The lowest BCUT2D eigenvalue weighted by atomic mass is 9.96. The number of sulfonamides is 1. The summed E-state index contributed by atoms with van der Waals surface area (Å²) in [5.74, 6) is -1.72. The van der Waals surface area contributed by atoms with Gasteiger partial charge in [-0.3, -0.25) is 9.59 Å². The molecule has 182 valence electrons. The van der Waals surface area contributed by atoms with Crippen LogP contribution < -0.4 is 4.72 Å². The minimum atomic E-state index is -4.25. The van der Waals surface area contributed by atoms with Gasteiger partial charge in [0.1, 0.15) is 17.9 Å². The lowest BCUT2D eigenvalue weighted by Crippen LogP contribution is -2.56. The van der Waals surface area contributed by atoms with Gasteiger partial charge in [-0.05, 0) is 24.5 Å². The molecule has 11 heteroatoms. The van der Waals surface area contributed by atoms with Gasteiger partial charge in [-0.1, -0.05) is 44.0 Å². The van der Waals surface area contributed by atoms with Crippen molar-refractivity contribution in [3.05, 3.63) is 40.3 Å². The number of likely N-dealkylation sites (tertiary alicyclic amines) is 1. The van der Waals surface area contributed by atoms with Crippen LogP contribution in [0, 0.1) is 5.92 Å². The predicted octanol–water partition coefficient (Wildman–Crippen LogP) is 2.40. The van der Waals surface area contributed by atoms with E-state index in [-0.39, 0.29) is 30.4 Å². The van der Waals surface area contributed by atoms with Crippen molar-refractivity contribution in [2.45, 2.75) is 38.8 Å². The zero-order chi connectivity index (χ0) is 24.2. The molecule has 2 fully saturated rings. The maximum absolute atomic E-state index is 14.4. The fourth-order valence-corrected chi connectivity index (χ4v) is 5.23. The van der Waals surface area contributed by atoms with Crippen LogP contribution in [0.15, 0.2) is 29.7 Å². The Kier molecular flexibility index (Phi) is 8.49. The second kappa shape index (κ2) is 10.9. The summed E-state index contributed by atoms with van der Waals surface area (Å²) in [4.78, 5) is 29.5. The van der Waals surface area contributed by atoms with Gasteiger partial charge in [0, 0.05) is 30.2 Å². The molecule has 2 amide bonds. The van der Waals surface area contributed by atoms with Gasteiger partial charge in [-0.2, -0.15) is 4.72 Å². The number of hydrogen-bond acceptors (Lipinski definition) is 5. The summed E-state index contributed by atoms with van der Waals surface area (Å²) in [5.41, 5.74) is 0.0529. The Hall–Kier alpha value is -2.01. The van der Waals surface area contributed by atoms with Crippen LogP contribution in [0.3, 0.4) is 0 Å². The smallest absolute Gasteiger partial charge is 0.245 e. The summed E-state index contributed by atoms with van der Waals surface area (Å²) in [6.45, 7) is 5.88. The lowest BCUT2D eigenvalue weighted by Gasteiger charge is -2.37. The standard InChI is InChI=1S/C22H29ClFN3O5S/c1-3-15(2)20(22(29)26-10-12-32-13-11-26)27-9-8-19(21(27)28)25-33(30,31)14-18(24)16-4-6-17(23)7-5-16/h4-7,14-15,19-20,25H,3,8-13H2,1-2H3/t15-,19-,20-/m0/s1. The highest BCUT2D eigenvalue weighted by Crippen LogP contribution is 2.25. The number of halogens is 2. The van der Waals surface area contributed by atoms with Gasteiger partial charge in [0.25, 0.3) is 0 Å². The Bertz CT molecular complexity index is 996. The minimum absolute atomic E-state index is 0.0529. The van der Waals surface area contributed by atoms with E-state index in [2.05, 4.69) is 4.72 Å². The molecular formula is C22H29ClFN3O5S. The highest BCUT2D eigenvalue weighted by atomic mass is 35.5. The summed E-state index contributed by atoms with van der Waals surface area (Å²) < 4.78 is 47.1. The number of morpholine rings is 1. The van der Waals surface area contributed by atoms with Crippen molar-refractivity contribution in [2.24, 2.45) is 5.92 Å². The highest BCUT2D eigenvalue weighted by Gasteiger charge is 2.43. The number of hydrogen-bond donors (Lipinski definition) is 1. The molecular weight excluding hydrogens is 473 g/mol. The quantitative estimate of drug-likeness (QED) is 0.590. The Morgan fingerprint density at radius 3 is 2.52 bits per heavy atom. The van der Waals surface area contributed by atoms with E-state index in [4.69, 9.17) is 16.3 Å². The Balaban J connectivity index is 1.73. The third kappa shape index (κ3) is 6.32. The number of carbonyl (C=O) groups excluding carboxylic acids is 2. The molecule has 0 aromatic heterocycles. The van der Waals surface area contributed by atoms with Gasteiger partial charge in [0.05, 0.1) is 18.6 Å². The van der Waals surface area contributed by atoms with Gasteiger partial charge >= 0.3 is 0 Å². The number of nitrogens with zero attached hydrogens (tertiary/aromatic N) is 2.